The Hall–Kier alpha value is -1.35. The van der Waals surface area contributed by atoms with Gasteiger partial charge in [0.2, 0.25) is 0 Å². The molecule has 98 valence electrons. The lowest BCUT2D eigenvalue weighted by Crippen LogP contribution is -2.56. The van der Waals surface area contributed by atoms with Gasteiger partial charge in [-0.25, -0.2) is 0 Å². The first kappa shape index (κ1) is 13.1. The van der Waals surface area contributed by atoms with E-state index in [-0.39, 0.29) is 5.91 Å². The van der Waals surface area contributed by atoms with E-state index in [9.17, 15) is 4.79 Å². The number of piperazine rings is 1. The van der Waals surface area contributed by atoms with Crippen LogP contribution in [0.5, 0.6) is 0 Å². The Balaban J connectivity index is 2.26. The smallest absolute Gasteiger partial charge is 0.254 e. The topological polar surface area (TPSA) is 32.3 Å². The van der Waals surface area contributed by atoms with E-state index in [1.165, 1.54) is 0 Å². The zero-order chi connectivity index (χ0) is 13.3. The molecule has 2 rings (SSSR count). The number of amides is 1. The monoisotopic (exact) mass is 246 g/mol. The molecule has 1 amide bonds. The van der Waals surface area contributed by atoms with Crippen LogP contribution in [0.1, 0.15) is 35.3 Å². The third-order valence-corrected chi connectivity index (χ3v) is 3.54. The summed E-state index contributed by atoms with van der Waals surface area (Å²) < 4.78 is 0. The molecule has 1 aliphatic heterocycles. The van der Waals surface area contributed by atoms with Crippen molar-refractivity contribution < 1.29 is 4.79 Å². The maximum atomic E-state index is 12.6. The Morgan fingerprint density at radius 3 is 2.17 bits per heavy atom. The Bertz CT molecular complexity index is 426. The summed E-state index contributed by atoms with van der Waals surface area (Å²) in [6.07, 6.45) is 0. The molecule has 18 heavy (non-hydrogen) atoms. The van der Waals surface area contributed by atoms with Gasteiger partial charge in [-0.3, -0.25) is 4.79 Å². The molecule has 2 unspecified atom stereocenters. The minimum atomic E-state index is 0.172. The summed E-state index contributed by atoms with van der Waals surface area (Å²) in [5.74, 6) is 0.172. The van der Waals surface area contributed by atoms with Gasteiger partial charge >= 0.3 is 0 Å². The van der Waals surface area contributed by atoms with Gasteiger partial charge in [0.15, 0.2) is 0 Å². The van der Waals surface area contributed by atoms with Crippen LogP contribution in [0.25, 0.3) is 0 Å². The highest BCUT2D eigenvalue weighted by Gasteiger charge is 2.26. The van der Waals surface area contributed by atoms with Crippen LogP contribution in [0.15, 0.2) is 18.2 Å². The predicted octanol–water partition coefficient (Wildman–Crippen LogP) is 2.13. The lowest BCUT2D eigenvalue weighted by molar-refractivity contribution is 0.0672. The number of rotatable bonds is 1. The fraction of sp³-hybridized carbons (Fsp3) is 0.533. The molecule has 1 aromatic rings. The molecule has 1 saturated heterocycles. The molecule has 3 nitrogen and oxygen atoms in total. The third-order valence-electron chi connectivity index (χ3n) is 3.54. The summed E-state index contributed by atoms with van der Waals surface area (Å²) in [5.41, 5.74) is 3.01. The third kappa shape index (κ3) is 2.56. The first-order valence-electron chi connectivity index (χ1n) is 6.60. The number of benzene rings is 1. The molecule has 2 atom stereocenters. The number of nitrogens with zero attached hydrogens (tertiary/aromatic N) is 1. The highest BCUT2D eigenvalue weighted by atomic mass is 16.2. The van der Waals surface area contributed by atoms with E-state index in [0.717, 1.165) is 29.8 Å². The molecule has 1 fully saturated rings. The quantitative estimate of drug-likeness (QED) is 0.823. The van der Waals surface area contributed by atoms with Gasteiger partial charge in [0.1, 0.15) is 0 Å². The average Bonchev–Trinajstić information content (AvgIpc) is 2.27. The summed E-state index contributed by atoms with van der Waals surface area (Å²) in [7, 11) is 0. The molecule has 0 aromatic heterocycles. The number of hydrogen-bond donors (Lipinski definition) is 1. The molecule has 1 heterocycles. The summed E-state index contributed by atoms with van der Waals surface area (Å²) in [6.45, 7) is 9.85. The predicted molar refractivity (Wildman–Crippen MR) is 73.9 cm³/mol. The van der Waals surface area contributed by atoms with Crippen molar-refractivity contribution >= 4 is 5.91 Å². The number of carbonyl (C=O) groups excluding carboxylic acids is 1. The first-order valence-corrected chi connectivity index (χ1v) is 6.60. The highest BCUT2D eigenvalue weighted by molar-refractivity contribution is 5.97. The van der Waals surface area contributed by atoms with Crippen LogP contribution >= 0.6 is 0 Å². The fourth-order valence-corrected chi connectivity index (χ4v) is 2.80. The van der Waals surface area contributed by atoms with Crippen molar-refractivity contribution in [3.63, 3.8) is 0 Å². The van der Waals surface area contributed by atoms with Gasteiger partial charge in [0.25, 0.3) is 5.91 Å². The second-order valence-electron chi connectivity index (χ2n) is 5.45. The summed E-state index contributed by atoms with van der Waals surface area (Å²) >= 11 is 0. The van der Waals surface area contributed by atoms with E-state index < -0.39 is 0 Å². The van der Waals surface area contributed by atoms with Crippen molar-refractivity contribution in [1.82, 2.24) is 10.2 Å². The molecular weight excluding hydrogens is 224 g/mol. The van der Waals surface area contributed by atoms with Crippen LogP contribution in [0.4, 0.5) is 0 Å². The molecular formula is C15H22N2O. The summed E-state index contributed by atoms with van der Waals surface area (Å²) in [6, 6.07) is 6.75. The second-order valence-corrected chi connectivity index (χ2v) is 5.45. The van der Waals surface area contributed by atoms with Crippen molar-refractivity contribution in [3.05, 3.63) is 34.9 Å². The molecule has 0 spiro atoms. The van der Waals surface area contributed by atoms with E-state index in [1.807, 2.05) is 36.9 Å². The van der Waals surface area contributed by atoms with Crippen molar-refractivity contribution in [2.75, 3.05) is 13.1 Å². The van der Waals surface area contributed by atoms with Gasteiger partial charge < -0.3 is 10.2 Å². The number of aryl methyl sites for hydroxylation is 2. The molecule has 1 aromatic carbocycles. The average molecular weight is 246 g/mol. The van der Waals surface area contributed by atoms with Crippen LogP contribution in [-0.2, 0) is 0 Å². The number of hydrogen-bond acceptors (Lipinski definition) is 2. The summed E-state index contributed by atoms with van der Waals surface area (Å²) in [4.78, 5) is 14.6. The van der Waals surface area contributed by atoms with Gasteiger partial charge in [-0.05, 0) is 38.8 Å². The van der Waals surface area contributed by atoms with Gasteiger partial charge in [-0.2, -0.15) is 0 Å². The molecule has 0 saturated carbocycles. The molecule has 1 aliphatic rings. The minimum absolute atomic E-state index is 0.172. The van der Waals surface area contributed by atoms with Crippen LogP contribution in [0.3, 0.4) is 0 Å². The van der Waals surface area contributed by atoms with E-state index in [0.29, 0.717) is 12.1 Å². The number of carbonyl (C=O) groups is 1. The van der Waals surface area contributed by atoms with E-state index >= 15 is 0 Å². The summed E-state index contributed by atoms with van der Waals surface area (Å²) in [5, 5.41) is 3.45. The normalized spacial score (nSPS) is 24.1. The van der Waals surface area contributed by atoms with Crippen molar-refractivity contribution in [2.45, 2.75) is 39.8 Å². The second kappa shape index (κ2) is 5.11. The van der Waals surface area contributed by atoms with Crippen LogP contribution in [0, 0.1) is 13.8 Å². The largest absolute Gasteiger partial charge is 0.336 e. The first-order chi connectivity index (χ1) is 8.49. The van der Waals surface area contributed by atoms with Crippen LogP contribution in [0.2, 0.25) is 0 Å². The SMILES string of the molecule is Cc1cccc(C)c1C(=O)N1CC(C)NC(C)C1. The Labute approximate surface area is 109 Å². The lowest BCUT2D eigenvalue weighted by atomic mass is 10.0. The molecule has 0 radical (unpaired) electrons. The van der Waals surface area contributed by atoms with E-state index in [2.05, 4.69) is 19.2 Å². The van der Waals surface area contributed by atoms with Gasteiger partial charge in [-0.1, -0.05) is 18.2 Å². The zero-order valence-electron chi connectivity index (χ0n) is 11.7. The highest BCUT2D eigenvalue weighted by Crippen LogP contribution is 2.17. The lowest BCUT2D eigenvalue weighted by Gasteiger charge is -2.36. The molecule has 1 N–H and O–H groups in total. The van der Waals surface area contributed by atoms with Crippen molar-refractivity contribution in [3.8, 4) is 0 Å². The zero-order valence-corrected chi connectivity index (χ0v) is 11.7. The van der Waals surface area contributed by atoms with Gasteiger partial charge in [0.05, 0.1) is 0 Å². The van der Waals surface area contributed by atoms with Gasteiger partial charge in [0, 0.05) is 30.7 Å². The molecule has 0 bridgehead atoms. The van der Waals surface area contributed by atoms with E-state index in [4.69, 9.17) is 0 Å². The molecule has 3 heteroatoms. The Morgan fingerprint density at radius 1 is 1.17 bits per heavy atom. The van der Waals surface area contributed by atoms with E-state index in [1.54, 1.807) is 0 Å². The number of nitrogens with one attached hydrogen (secondary N) is 1. The Kier molecular flexibility index (Phi) is 3.71. The molecule has 0 aliphatic carbocycles. The van der Waals surface area contributed by atoms with Gasteiger partial charge in [-0.15, -0.1) is 0 Å². The van der Waals surface area contributed by atoms with Crippen molar-refractivity contribution in [2.24, 2.45) is 0 Å². The van der Waals surface area contributed by atoms with Crippen LogP contribution < -0.4 is 5.32 Å². The Morgan fingerprint density at radius 2 is 1.67 bits per heavy atom. The maximum Gasteiger partial charge on any atom is 0.254 e. The maximum absolute atomic E-state index is 12.6. The van der Waals surface area contributed by atoms with Crippen molar-refractivity contribution in [1.29, 1.82) is 0 Å². The fourth-order valence-electron chi connectivity index (χ4n) is 2.80. The van der Waals surface area contributed by atoms with Crippen LogP contribution in [-0.4, -0.2) is 36.0 Å². The minimum Gasteiger partial charge on any atom is -0.336 e. The standard InChI is InChI=1S/C15H22N2O/c1-10-6-5-7-11(2)14(10)15(18)17-8-12(3)16-13(4)9-17/h5-7,12-13,16H,8-9H2,1-4H3.